The van der Waals surface area contributed by atoms with Crippen molar-refractivity contribution in [2.24, 2.45) is 13.0 Å². The molecule has 1 atom stereocenters. The molecular formula is C19H25ClN4S. The molecule has 0 unspecified atom stereocenters. The van der Waals surface area contributed by atoms with Gasteiger partial charge in [0.05, 0.1) is 6.54 Å². The van der Waals surface area contributed by atoms with Crippen molar-refractivity contribution in [1.82, 2.24) is 19.7 Å². The van der Waals surface area contributed by atoms with Crippen LogP contribution in [0.4, 0.5) is 0 Å². The molecule has 0 N–H and O–H groups in total. The molecule has 2 aromatic rings. The highest BCUT2D eigenvalue weighted by atomic mass is 35.5. The van der Waals surface area contributed by atoms with Crippen molar-refractivity contribution in [2.45, 2.75) is 36.7 Å². The Morgan fingerprint density at radius 3 is 2.88 bits per heavy atom. The zero-order valence-corrected chi connectivity index (χ0v) is 16.4. The molecule has 1 aliphatic rings. The summed E-state index contributed by atoms with van der Waals surface area (Å²) in [4.78, 5) is 2.36. The number of allylic oxidation sites excluding steroid dienone is 2. The fraction of sp³-hybridized carbons (Fsp3) is 0.474. The van der Waals surface area contributed by atoms with Crippen LogP contribution in [0.15, 0.2) is 41.6 Å². The van der Waals surface area contributed by atoms with Crippen LogP contribution in [0.5, 0.6) is 0 Å². The first kappa shape index (κ1) is 18.5. The van der Waals surface area contributed by atoms with Gasteiger partial charge < -0.3 is 4.57 Å². The molecule has 3 rings (SSSR count). The molecule has 0 saturated carbocycles. The van der Waals surface area contributed by atoms with Gasteiger partial charge in [-0.1, -0.05) is 53.7 Å². The van der Waals surface area contributed by atoms with E-state index < -0.39 is 0 Å². The number of thioether (sulfide) groups is 1. The molecule has 0 spiro atoms. The third-order valence-electron chi connectivity index (χ3n) is 4.60. The summed E-state index contributed by atoms with van der Waals surface area (Å²) >= 11 is 7.90. The zero-order valence-electron chi connectivity index (χ0n) is 14.9. The van der Waals surface area contributed by atoms with E-state index in [9.17, 15) is 0 Å². The number of hydrogen-bond donors (Lipinski definition) is 0. The molecule has 25 heavy (non-hydrogen) atoms. The summed E-state index contributed by atoms with van der Waals surface area (Å²) in [7, 11) is 4.21. The van der Waals surface area contributed by atoms with Crippen LogP contribution in [0.2, 0.25) is 5.02 Å². The van der Waals surface area contributed by atoms with Crippen LogP contribution in [0.25, 0.3) is 0 Å². The van der Waals surface area contributed by atoms with Crippen molar-refractivity contribution in [3.63, 3.8) is 0 Å². The van der Waals surface area contributed by atoms with Crippen molar-refractivity contribution in [3.8, 4) is 0 Å². The molecule has 0 fully saturated rings. The van der Waals surface area contributed by atoms with Gasteiger partial charge in [-0.3, -0.25) is 4.90 Å². The summed E-state index contributed by atoms with van der Waals surface area (Å²) in [5.41, 5.74) is 1.13. The first-order chi connectivity index (χ1) is 12.1. The minimum Gasteiger partial charge on any atom is -0.308 e. The molecule has 6 heteroatoms. The molecule has 0 saturated heterocycles. The Bertz CT molecular complexity index is 728. The van der Waals surface area contributed by atoms with Gasteiger partial charge in [-0.15, -0.1) is 10.2 Å². The van der Waals surface area contributed by atoms with Gasteiger partial charge in [0, 0.05) is 24.4 Å². The second kappa shape index (κ2) is 8.88. The van der Waals surface area contributed by atoms with Gasteiger partial charge in [0.15, 0.2) is 5.16 Å². The predicted octanol–water partition coefficient (Wildman–Crippen LogP) is 4.55. The van der Waals surface area contributed by atoms with E-state index in [-0.39, 0.29) is 0 Å². The minimum absolute atomic E-state index is 0.761. The number of aromatic nitrogens is 3. The molecule has 1 aliphatic carbocycles. The molecule has 0 amide bonds. The lowest BCUT2D eigenvalue weighted by atomic mass is 9.94. The third kappa shape index (κ3) is 5.09. The van der Waals surface area contributed by atoms with Gasteiger partial charge in [-0.05, 0) is 43.9 Å². The van der Waals surface area contributed by atoms with Crippen LogP contribution < -0.4 is 0 Å². The fourth-order valence-electron chi connectivity index (χ4n) is 3.14. The monoisotopic (exact) mass is 376 g/mol. The number of rotatable bonds is 7. The van der Waals surface area contributed by atoms with E-state index in [2.05, 4.69) is 44.9 Å². The lowest BCUT2D eigenvalue weighted by molar-refractivity contribution is 0.251. The average molecular weight is 377 g/mol. The SMILES string of the molecule is CN(Cc1nnc(SCc2ccccc2Cl)n1C)C[C@H]1CC=CCC1. The van der Waals surface area contributed by atoms with Crippen LogP contribution in [0.1, 0.15) is 30.7 Å². The normalized spacial score (nSPS) is 17.4. The third-order valence-corrected chi connectivity index (χ3v) is 6.04. The zero-order chi connectivity index (χ0) is 17.6. The summed E-state index contributed by atoms with van der Waals surface area (Å²) in [6, 6.07) is 7.95. The summed E-state index contributed by atoms with van der Waals surface area (Å²) in [5, 5.41) is 10.5. The Labute approximate surface area is 159 Å². The second-order valence-corrected chi connectivity index (χ2v) is 8.03. The molecule has 0 aliphatic heterocycles. The summed E-state index contributed by atoms with van der Waals surface area (Å²) in [6.45, 7) is 1.94. The van der Waals surface area contributed by atoms with Gasteiger partial charge in [0.25, 0.3) is 0 Å². The topological polar surface area (TPSA) is 34.0 Å². The van der Waals surface area contributed by atoms with E-state index in [0.717, 1.165) is 46.3 Å². The standard InChI is InChI=1S/C19H25ClN4S/c1-23(12-15-8-4-3-5-9-15)13-18-21-22-19(24(18)2)25-14-16-10-6-7-11-17(16)20/h3-4,6-7,10-11,15H,5,8-9,12-14H2,1-2H3/t15-/m0/s1. The van der Waals surface area contributed by atoms with Crippen molar-refractivity contribution in [1.29, 1.82) is 0 Å². The first-order valence-corrected chi connectivity index (χ1v) is 10.1. The maximum atomic E-state index is 6.23. The Hall–Kier alpha value is -1.30. The fourth-order valence-corrected chi connectivity index (χ4v) is 4.35. The van der Waals surface area contributed by atoms with Crippen LogP contribution >= 0.6 is 23.4 Å². The minimum atomic E-state index is 0.761. The number of benzene rings is 1. The molecule has 0 bridgehead atoms. The van der Waals surface area contributed by atoms with Gasteiger partial charge in [0.1, 0.15) is 5.82 Å². The molecule has 1 aromatic heterocycles. The maximum absolute atomic E-state index is 6.23. The lowest BCUT2D eigenvalue weighted by Gasteiger charge is -2.24. The van der Waals surface area contributed by atoms with Gasteiger partial charge in [-0.25, -0.2) is 0 Å². The lowest BCUT2D eigenvalue weighted by Crippen LogP contribution is -2.27. The number of hydrogen-bond acceptors (Lipinski definition) is 4. The van der Waals surface area contributed by atoms with Gasteiger partial charge in [-0.2, -0.15) is 0 Å². The van der Waals surface area contributed by atoms with Crippen molar-refractivity contribution < 1.29 is 0 Å². The average Bonchev–Trinajstić information content (AvgIpc) is 2.95. The quantitative estimate of drug-likeness (QED) is 0.524. The van der Waals surface area contributed by atoms with Gasteiger partial charge in [0.2, 0.25) is 0 Å². The first-order valence-electron chi connectivity index (χ1n) is 8.71. The van der Waals surface area contributed by atoms with Crippen molar-refractivity contribution in [2.75, 3.05) is 13.6 Å². The van der Waals surface area contributed by atoms with Gasteiger partial charge >= 0.3 is 0 Å². The Balaban J connectivity index is 1.55. The predicted molar refractivity (Wildman–Crippen MR) is 105 cm³/mol. The van der Waals surface area contributed by atoms with Crippen LogP contribution in [0, 0.1) is 5.92 Å². The molecule has 4 nitrogen and oxygen atoms in total. The number of nitrogens with zero attached hydrogens (tertiary/aromatic N) is 4. The summed E-state index contributed by atoms with van der Waals surface area (Å²) < 4.78 is 2.10. The van der Waals surface area contributed by atoms with Crippen LogP contribution in [-0.2, 0) is 19.3 Å². The van der Waals surface area contributed by atoms with E-state index in [1.54, 1.807) is 11.8 Å². The molecule has 1 aromatic carbocycles. The van der Waals surface area contributed by atoms with E-state index in [1.165, 1.54) is 19.3 Å². The molecule has 0 radical (unpaired) electrons. The largest absolute Gasteiger partial charge is 0.308 e. The van der Waals surface area contributed by atoms with Crippen LogP contribution in [0.3, 0.4) is 0 Å². The molecule has 134 valence electrons. The smallest absolute Gasteiger partial charge is 0.191 e. The Morgan fingerprint density at radius 1 is 1.28 bits per heavy atom. The summed E-state index contributed by atoms with van der Waals surface area (Å²) in [6.07, 6.45) is 8.31. The van der Waals surface area contributed by atoms with E-state index >= 15 is 0 Å². The summed E-state index contributed by atoms with van der Waals surface area (Å²) in [5.74, 6) is 2.57. The second-order valence-electron chi connectivity index (χ2n) is 6.69. The highest BCUT2D eigenvalue weighted by Gasteiger charge is 2.16. The maximum Gasteiger partial charge on any atom is 0.191 e. The number of halogens is 1. The Kier molecular flexibility index (Phi) is 6.57. The Morgan fingerprint density at radius 2 is 2.12 bits per heavy atom. The molecular weight excluding hydrogens is 352 g/mol. The van der Waals surface area contributed by atoms with E-state index in [0.29, 0.717) is 0 Å². The van der Waals surface area contributed by atoms with Crippen LogP contribution in [-0.4, -0.2) is 33.3 Å². The highest BCUT2D eigenvalue weighted by molar-refractivity contribution is 7.98. The highest BCUT2D eigenvalue weighted by Crippen LogP contribution is 2.26. The molecule has 1 heterocycles. The van der Waals surface area contributed by atoms with Crippen molar-refractivity contribution in [3.05, 3.63) is 52.8 Å². The van der Waals surface area contributed by atoms with E-state index in [1.807, 2.05) is 25.2 Å². The van der Waals surface area contributed by atoms with E-state index in [4.69, 9.17) is 11.6 Å². The van der Waals surface area contributed by atoms with Crippen molar-refractivity contribution >= 4 is 23.4 Å².